The smallest absolute Gasteiger partial charge is 0.120 e. The molecular formula is C14H25NO2. The van der Waals surface area contributed by atoms with E-state index >= 15 is 0 Å². The number of rotatable bonds is 6. The number of aryl methyl sites for hydroxylation is 1. The standard InChI is InChI=1S/C14H25NO2/c1-10(16)8-14(4,5)9-15-12(3)13-7-6-11(2)17-13/h6-7,10,12,15-16H,8-9H2,1-5H3. The lowest BCUT2D eigenvalue weighted by atomic mass is 9.87. The molecule has 0 bridgehead atoms. The van der Waals surface area contributed by atoms with Crippen molar-refractivity contribution in [2.75, 3.05) is 6.54 Å². The summed E-state index contributed by atoms with van der Waals surface area (Å²) >= 11 is 0. The molecule has 3 heteroatoms. The van der Waals surface area contributed by atoms with E-state index in [1.165, 1.54) is 0 Å². The van der Waals surface area contributed by atoms with Gasteiger partial charge in [-0.25, -0.2) is 0 Å². The molecule has 17 heavy (non-hydrogen) atoms. The number of aliphatic hydroxyl groups is 1. The molecule has 1 aromatic heterocycles. The van der Waals surface area contributed by atoms with Crippen LogP contribution in [0.1, 0.15) is 51.7 Å². The van der Waals surface area contributed by atoms with Crippen molar-refractivity contribution in [2.45, 2.75) is 53.2 Å². The maximum Gasteiger partial charge on any atom is 0.120 e. The summed E-state index contributed by atoms with van der Waals surface area (Å²) in [7, 11) is 0. The van der Waals surface area contributed by atoms with Crippen LogP contribution >= 0.6 is 0 Å². The van der Waals surface area contributed by atoms with Gasteiger partial charge in [-0.05, 0) is 44.7 Å². The Morgan fingerprint density at radius 2 is 2.00 bits per heavy atom. The number of hydrogen-bond donors (Lipinski definition) is 2. The summed E-state index contributed by atoms with van der Waals surface area (Å²) < 4.78 is 5.58. The van der Waals surface area contributed by atoms with E-state index in [9.17, 15) is 5.11 Å². The Morgan fingerprint density at radius 3 is 2.47 bits per heavy atom. The van der Waals surface area contributed by atoms with E-state index in [-0.39, 0.29) is 17.6 Å². The van der Waals surface area contributed by atoms with Crippen LogP contribution in [0.4, 0.5) is 0 Å². The first-order valence-electron chi connectivity index (χ1n) is 6.28. The summed E-state index contributed by atoms with van der Waals surface area (Å²) in [6.45, 7) is 11.1. The molecule has 0 saturated heterocycles. The summed E-state index contributed by atoms with van der Waals surface area (Å²) in [4.78, 5) is 0. The van der Waals surface area contributed by atoms with Crippen molar-refractivity contribution in [1.29, 1.82) is 0 Å². The SMILES string of the molecule is Cc1ccc(C(C)NCC(C)(C)CC(C)O)o1. The predicted molar refractivity (Wildman–Crippen MR) is 69.9 cm³/mol. The van der Waals surface area contributed by atoms with Crippen molar-refractivity contribution in [3.63, 3.8) is 0 Å². The van der Waals surface area contributed by atoms with E-state index in [0.717, 1.165) is 24.5 Å². The maximum absolute atomic E-state index is 9.43. The molecule has 0 aliphatic carbocycles. The van der Waals surface area contributed by atoms with E-state index < -0.39 is 0 Å². The van der Waals surface area contributed by atoms with Gasteiger partial charge in [-0.15, -0.1) is 0 Å². The zero-order valence-corrected chi connectivity index (χ0v) is 11.6. The Balaban J connectivity index is 2.45. The first-order valence-corrected chi connectivity index (χ1v) is 6.28. The van der Waals surface area contributed by atoms with Gasteiger partial charge in [-0.1, -0.05) is 13.8 Å². The molecule has 0 amide bonds. The van der Waals surface area contributed by atoms with Crippen LogP contribution in [-0.2, 0) is 0 Å². The Bertz CT molecular complexity index is 342. The Kier molecular flexibility index (Phi) is 4.78. The fourth-order valence-corrected chi connectivity index (χ4v) is 2.09. The predicted octanol–water partition coefficient (Wildman–Crippen LogP) is 3.04. The normalized spacial score (nSPS) is 15.9. The summed E-state index contributed by atoms with van der Waals surface area (Å²) in [6, 6.07) is 4.19. The van der Waals surface area contributed by atoms with Gasteiger partial charge in [0.25, 0.3) is 0 Å². The molecule has 98 valence electrons. The van der Waals surface area contributed by atoms with Gasteiger partial charge in [0, 0.05) is 6.54 Å². The van der Waals surface area contributed by atoms with Gasteiger partial charge in [-0.2, -0.15) is 0 Å². The van der Waals surface area contributed by atoms with E-state index in [1.54, 1.807) is 0 Å². The van der Waals surface area contributed by atoms with Crippen molar-refractivity contribution in [1.82, 2.24) is 5.32 Å². The lowest BCUT2D eigenvalue weighted by molar-refractivity contribution is 0.126. The van der Waals surface area contributed by atoms with Crippen molar-refractivity contribution in [3.8, 4) is 0 Å². The second-order valence-corrected chi connectivity index (χ2v) is 5.77. The van der Waals surface area contributed by atoms with E-state index in [1.807, 2.05) is 26.0 Å². The zero-order valence-electron chi connectivity index (χ0n) is 11.6. The Morgan fingerprint density at radius 1 is 1.35 bits per heavy atom. The van der Waals surface area contributed by atoms with Gasteiger partial charge in [0.15, 0.2) is 0 Å². The highest BCUT2D eigenvalue weighted by atomic mass is 16.3. The quantitative estimate of drug-likeness (QED) is 0.802. The fourth-order valence-electron chi connectivity index (χ4n) is 2.09. The van der Waals surface area contributed by atoms with Gasteiger partial charge in [0.1, 0.15) is 11.5 Å². The number of furan rings is 1. The highest BCUT2D eigenvalue weighted by Crippen LogP contribution is 2.23. The van der Waals surface area contributed by atoms with Gasteiger partial charge in [-0.3, -0.25) is 0 Å². The number of hydrogen-bond acceptors (Lipinski definition) is 3. The van der Waals surface area contributed by atoms with Crippen LogP contribution in [0.3, 0.4) is 0 Å². The minimum atomic E-state index is -0.257. The fraction of sp³-hybridized carbons (Fsp3) is 0.714. The van der Waals surface area contributed by atoms with E-state index in [4.69, 9.17) is 4.42 Å². The molecule has 0 aliphatic rings. The van der Waals surface area contributed by atoms with Crippen molar-refractivity contribution in [3.05, 3.63) is 23.7 Å². The largest absolute Gasteiger partial charge is 0.465 e. The highest BCUT2D eigenvalue weighted by molar-refractivity contribution is 5.08. The summed E-state index contributed by atoms with van der Waals surface area (Å²) in [6.07, 6.45) is 0.539. The third-order valence-electron chi connectivity index (χ3n) is 2.92. The molecule has 1 aromatic rings. The summed E-state index contributed by atoms with van der Waals surface area (Å²) in [5.74, 6) is 1.91. The maximum atomic E-state index is 9.43. The lowest BCUT2D eigenvalue weighted by Crippen LogP contribution is -2.33. The van der Waals surface area contributed by atoms with Crippen LogP contribution in [0, 0.1) is 12.3 Å². The van der Waals surface area contributed by atoms with E-state index in [2.05, 4.69) is 26.1 Å². The molecule has 0 spiro atoms. The second kappa shape index (κ2) is 5.69. The third-order valence-corrected chi connectivity index (χ3v) is 2.92. The average Bonchev–Trinajstić information content (AvgIpc) is 2.59. The molecule has 0 fully saturated rings. The number of nitrogens with one attached hydrogen (secondary N) is 1. The Hall–Kier alpha value is -0.800. The van der Waals surface area contributed by atoms with Crippen LogP contribution in [0.5, 0.6) is 0 Å². The number of aliphatic hydroxyl groups excluding tert-OH is 1. The van der Waals surface area contributed by atoms with Gasteiger partial charge in [0.05, 0.1) is 12.1 Å². The summed E-state index contributed by atoms with van der Waals surface area (Å²) in [5, 5.41) is 12.9. The van der Waals surface area contributed by atoms with Crippen LogP contribution in [0.2, 0.25) is 0 Å². The molecule has 3 nitrogen and oxygen atoms in total. The first kappa shape index (κ1) is 14.3. The molecule has 2 unspecified atom stereocenters. The van der Waals surface area contributed by atoms with Gasteiger partial charge >= 0.3 is 0 Å². The molecule has 2 atom stereocenters. The van der Waals surface area contributed by atoms with E-state index in [0.29, 0.717) is 0 Å². The van der Waals surface area contributed by atoms with Crippen LogP contribution in [-0.4, -0.2) is 17.8 Å². The van der Waals surface area contributed by atoms with Crippen LogP contribution in [0.15, 0.2) is 16.5 Å². The van der Waals surface area contributed by atoms with Crippen LogP contribution < -0.4 is 5.32 Å². The monoisotopic (exact) mass is 239 g/mol. The molecule has 0 aliphatic heterocycles. The van der Waals surface area contributed by atoms with Crippen molar-refractivity contribution in [2.24, 2.45) is 5.41 Å². The average molecular weight is 239 g/mol. The second-order valence-electron chi connectivity index (χ2n) is 5.77. The Labute approximate surface area is 104 Å². The van der Waals surface area contributed by atoms with Crippen molar-refractivity contribution >= 4 is 0 Å². The van der Waals surface area contributed by atoms with Crippen LogP contribution in [0.25, 0.3) is 0 Å². The van der Waals surface area contributed by atoms with Gasteiger partial charge in [0.2, 0.25) is 0 Å². The third kappa shape index (κ3) is 4.92. The highest BCUT2D eigenvalue weighted by Gasteiger charge is 2.21. The van der Waals surface area contributed by atoms with Gasteiger partial charge < -0.3 is 14.8 Å². The summed E-state index contributed by atoms with van der Waals surface area (Å²) in [5.41, 5.74) is 0.0874. The molecular weight excluding hydrogens is 214 g/mol. The topological polar surface area (TPSA) is 45.4 Å². The molecule has 0 aromatic carbocycles. The molecule has 1 heterocycles. The van der Waals surface area contributed by atoms with Crippen molar-refractivity contribution < 1.29 is 9.52 Å². The molecule has 0 saturated carbocycles. The lowest BCUT2D eigenvalue weighted by Gasteiger charge is -2.28. The molecule has 1 rings (SSSR count). The molecule has 0 radical (unpaired) electrons. The minimum Gasteiger partial charge on any atom is -0.465 e. The molecule has 2 N–H and O–H groups in total. The first-order chi connectivity index (χ1) is 7.80. The zero-order chi connectivity index (χ0) is 13.1. The minimum absolute atomic E-state index is 0.0874.